The van der Waals surface area contributed by atoms with E-state index in [1.165, 1.54) is 18.3 Å². The van der Waals surface area contributed by atoms with Gasteiger partial charge in [-0.15, -0.1) is 0 Å². The highest BCUT2D eigenvalue weighted by Gasteiger charge is 2.29. The van der Waals surface area contributed by atoms with E-state index in [1.54, 1.807) is 17.0 Å². The van der Waals surface area contributed by atoms with E-state index in [0.29, 0.717) is 42.8 Å². The van der Waals surface area contributed by atoms with Crippen molar-refractivity contribution in [1.29, 1.82) is 0 Å². The van der Waals surface area contributed by atoms with Crippen molar-refractivity contribution in [2.24, 2.45) is 5.92 Å². The molecule has 0 spiro atoms. The van der Waals surface area contributed by atoms with Crippen LogP contribution in [0.1, 0.15) is 23.2 Å². The van der Waals surface area contributed by atoms with Crippen LogP contribution in [0, 0.1) is 11.7 Å². The van der Waals surface area contributed by atoms with Crippen molar-refractivity contribution < 1.29 is 19.1 Å². The zero-order valence-corrected chi connectivity index (χ0v) is 12.3. The first-order valence-corrected chi connectivity index (χ1v) is 7.37. The van der Waals surface area contributed by atoms with Gasteiger partial charge in [-0.25, -0.2) is 4.39 Å². The number of carbonyl (C=O) groups excluding carboxylic acids is 1. The molecule has 1 aliphatic rings. The average molecular weight is 317 g/mol. The van der Waals surface area contributed by atoms with E-state index in [0.717, 1.165) is 0 Å². The lowest BCUT2D eigenvalue weighted by Gasteiger charge is -2.30. The van der Waals surface area contributed by atoms with Gasteiger partial charge in [0.1, 0.15) is 5.82 Å². The third-order valence-electron chi connectivity index (χ3n) is 4.13. The van der Waals surface area contributed by atoms with Crippen molar-refractivity contribution in [2.75, 3.05) is 13.1 Å². The van der Waals surface area contributed by atoms with E-state index in [-0.39, 0.29) is 17.6 Å². The van der Waals surface area contributed by atoms with Gasteiger partial charge in [-0.05, 0) is 37.1 Å². The summed E-state index contributed by atoms with van der Waals surface area (Å²) in [4.78, 5) is 25.3. The van der Waals surface area contributed by atoms with Crippen LogP contribution in [-0.2, 0) is 4.79 Å². The van der Waals surface area contributed by atoms with Crippen molar-refractivity contribution in [3.8, 4) is 11.3 Å². The fourth-order valence-corrected chi connectivity index (χ4v) is 2.78. The van der Waals surface area contributed by atoms with E-state index in [9.17, 15) is 14.0 Å². The lowest BCUT2D eigenvalue weighted by atomic mass is 9.96. The summed E-state index contributed by atoms with van der Waals surface area (Å²) in [5.41, 5.74) is 1.62. The lowest BCUT2D eigenvalue weighted by molar-refractivity contribution is -0.143. The van der Waals surface area contributed by atoms with Crippen LogP contribution >= 0.6 is 0 Å². The van der Waals surface area contributed by atoms with Crippen LogP contribution in [0.3, 0.4) is 0 Å². The number of hydrogen-bond donors (Lipinski definition) is 2. The molecule has 120 valence electrons. The number of nitrogens with one attached hydrogen (secondary N) is 1. The van der Waals surface area contributed by atoms with Gasteiger partial charge in [-0.1, -0.05) is 0 Å². The van der Waals surface area contributed by atoms with Crippen LogP contribution in [0.15, 0.2) is 30.5 Å². The lowest BCUT2D eigenvalue weighted by Crippen LogP contribution is -2.40. The Kier molecular flexibility index (Phi) is 4.10. The smallest absolute Gasteiger partial charge is 0.306 e. The van der Waals surface area contributed by atoms with Crippen LogP contribution in [-0.4, -0.2) is 45.2 Å². The largest absolute Gasteiger partial charge is 0.481 e. The van der Waals surface area contributed by atoms with Gasteiger partial charge in [-0.3, -0.25) is 14.7 Å². The normalized spacial score (nSPS) is 15.6. The first-order chi connectivity index (χ1) is 11.1. The Hall–Kier alpha value is -2.70. The number of benzene rings is 1. The Morgan fingerprint density at radius 3 is 2.48 bits per heavy atom. The zero-order chi connectivity index (χ0) is 16.4. The molecule has 0 bridgehead atoms. The molecular formula is C16H16FN3O3. The number of halogens is 1. The standard InChI is InChI=1S/C16H16FN3O3/c17-12-3-1-10(2-4-12)14-13(9-18-19-14)15(21)20-7-5-11(6-8-20)16(22)23/h1-4,9,11H,5-8H2,(H,18,19)(H,22,23). The molecule has 1 saturated heterocycles. The third-order valence-corrected chi connectivity index (χ3v) is 4.13. The fraction of sp³-hybridized carbons (Fsp3) is 0.312. The van der Waals surface area contributed by atoms with E-state index in [4.69, 9.17) is 5.11 Å². The summed E-state index contributed by atoms with van der Waals surface area (Å²) in [6.45, 7) is 0.813. The Morgan fingerprint density at radius 2 is 1.87 bits per heavy atom. The van der Waals surface area contributed by atoms with Crippen LogP contribution in [0.4, 0.5) is 4.39 Å². The number of hydrogen-bond acceptors (Lipinski definition) is 3. The highest BCUT2D eigenvalue weighted by molar-refractivity contribution is 5.99. The van der Waals surface area contributed by atoms with Gasteiger partial charge in [0.25, 0.3) is 5.91 Å². The second-order valence-electron chi connectivity index (χ2n) is 5.57. The molecule has 23 heavy (non-hydrogen) atoms. The summed E-state index contributed by atoms with van der Waals surface area (Å²) in [6.07, 6.45) is 2.35. The molecule has 1 amide bonds. The molecule has 0 atom stereocenters. The molecule has 2 aromatic rings. The maximum absolute atomic E-state index is 13.0. The summed E-state index contributed by atoms with van der Waals surface area (Å²) in [5.74, 6) is -1.74. The van der Waals surface area contributed by atoms with Gasteiger partial charge in [0.2, 0.25) is 0 Å². The molecule has 0 unspecified atom stereocenters. The molecule has 1 aromatic carbocycles. The molecule has 0 radical (unpaired) electrons. The van der Waals surface area contributed by atoms with Gasteiger partial charge in [0.15, 0.2) is 0 Å². The summed E-state index contributed by atoms with van der Waals surface area (Å²) < 4.78 is 13.0. The summed E-state index contributed by atoms with van der Waals surface area (Å²) in [7, 11) is 0. The number of carbonyl (C=O) groups is 2. The summed E-state index contributed by atoms with van der Waals surface area (Å²) in [6, 6.07) is 5.80. The first-order valence-electron chi connectivity index (χ1n) is 7.37. The minimum Gasteiger partial charge on any atom is -0.481 e. The summed E-state index contributed by atoms with van der Waals surface area (Å²) >= 11 is 0. The Balaban J connectivity index is 1.78. The number of nitrogens with zero attached hydrogens (tertiary/aromatic N) is 2. The van der Waals surface area contributed by atoms with Crippen molar-refractivity contribution in [2.45, 2.75) is 12.8 Å². The van der Waals surface area contributed by atoms with E-state index >= 15 is 0 Å². The molecule has 6 nitrogen and oxygen atoms in total. The first kappa shape index (κ1) is 15.2. The van der Waals surface area contributed by atoms with E-state index in [2.05, 4.69) is 10.2 Å². The highest BCUT2D eigenvalue weighted by atomic mass is 19.1. The Morgan fingerprint density at radius 1 is 1.22 bits per heavy atom. The molecule has 1 aliphatic heterocycles. The Labute approximate surface area is 131 Å². The number of aromatic amines is 1. The van der Waals surface area contributed by atoms with Gasteiger partial charge in [-0.2, -0.15) is 5.10 Å². The second kappa shape index (κ2) is 6.20. The number of likely N-dealkylation sites (tertiary alicyclic amines) is 1. The maximum atomic E-state index is 13.0. The van der Waals surface area contributed by atoms with Crippen LogP contribution < -0.4 is 0 Å². The minimum atomic E-state index is -0.813. The third kappa shape index (κ3) is 3.08. The molecule has 2 heterocycles. The van der Waals surface area contributed by atoms with Crippen molar-refractivity contribution in [1.82, 2.24) is 15.1 Å². The van der Waals surface area contributed by atoms with Crippen molar-refractivity contribution >= 4 is 11.9 Å². The summed E-state index contributed by atoms with van der Waals surface area (Å²) in [5, 5.41) is 15.7. The van der Waals surface area contributed by atoms with Gasteiger partial charge < -0.3 is 10.0 Å². The van der Waals surface area contributed by atoms with Crippen LogP contribution in [0.2, 0.25) is 0 Å². The second-order valence-corrected chi connectivity index (χ2v) is 5.57. The van der Waals surface area contributed by atoms with Crippen molar-refractivity contribution in [3.05, 3.63) is 41.8 Å². The molecule has 0 aliphatic carbocycles. The number of H-pyrrole nitrogens is 1. The molecule has 1 fully saturated rings. The quantitative estimate of drug-likeness (QED) is 0.908. The number of carboxylic acids is 1. The maximum Gasteiger partial charge on any atom is 0.306 e. The van der Waals surface area contributed by atoms with Crippen LogP contribution in [0.25, 0.3) is 11.3 Å². The number of rotatable bonds is 3. The predicted octanol–water partition coefficient (Wildman–Crippen LogP) is 2.15. The molecular weight excluding hydrogens is 301 g/mol. The molecule has 2 N–H and O–H groups in total. The van der Waals surface area contributed by atoms with Gasteiger partial charge >= 0.3 is 5.97 Å². The number of aromatic nitrogens is 2. The molecule has 3 rings (SSSR count). The van der Waals surface area contributed by atoms with Crippen molar-refractivity contribution in [3.63, 3.8) is 0 Å². The topological polar surface area (TPSA) is 86.3 Å². The number of aliphatic carboxylic acids is 1. The molecule has 0 saturated carbocycles. The van der Waals surface area contributed by atoms with Gasteiger partial charge in [0.05, 0.1) is 23.4 Å². The predicted molar refractivity (Wildman–Crippen MR) is 80.2 cm³/mol. The number of carboxylic acid groups (broad SMARTS) is 1. The SMILES string of the molecule is O=C(O)C1CCN(C(=O)c2cn[nH]c2-c2ccc(F)cc2)CC1. The van der Waals surface area contributed by atoms with Crippen LogP contribution in [0.5, 0.6) is 0 Å². The zero-order valence-electron chi connectivity index (χ0n) is 12.3. The average Bonchev–Trinajstić information content (AvgIpc) is 3.04. The van der Waals surface area contributed by atoms with E-state index < -0.39 is 5.97 Å². The minimum absolute atomic E-state index is 0.193. The molecule has 1 aromatic heterocycles. The van der Waals surface area contributed by atoms with E-state index in [1.807, 2.05) is 0 Å². The molecule has 7 heteroatoms. The highest BCUT2D eigenvalue weighted by Crippen LogP contribution is 2.25. The van der Waals surface area contributed by atoms with Gasteiger partial charge in [0, 0.05) is 18.7 Å². The Bertz CT molecular complexity index is 718. The number of piperidine rings is 1. The number of amides is 1. The fourth-order valence-electron chi connectivity index (χ4n) is 2.78. The monoisotopic (exact) mass is 317 g/mol.